The zero-order valence-electron chi connectivity index (χ0n) is 32.0. The number of carbonyl (C=O) groups excluding carboxylic acids is 1. The zero-order chi connectivity index (χ0) is 40.2. The van der Waals surface area contributed by atoms with Gasteiger partial charge in [0.15, 0.2) is 16.8 Å². The summed E-state index contributed by atoms with van der Waals surface area (Å²) in [6.45, 7) is 4.32. The molecular weight excluding hydrogens is 738 g/mol. The van der Waals surface area contributed by atoms with Crippen LogP contribution in [0.3, 0.4) is 0 Å². The van der Waals surface area contributed by atoms with Gasteiger partial charge in [0.1, 0.15) is 53.7 Å². The predicted molar refractivity (Wildman–Crippen MR) is 208 cm³/mol. The summed E-state index contributed by atoms with van der Waals surface area (Å²) in [6, 6.07) is 8.71. The molecule has 16 nitrogen and oxygen atoms in total. The molecule has 2 aliphatic heterocycles. The number of hydrogen-bond donors (Lipinski definition) is 8. The number of benzene rings is 1. The molecule has 16 heteroatoms. The van der Waals surface area contributed by atoms with Crippen molar-refractivity contribution in [2.75, 3.05) is 19.8 Å². The summed E-state index contributed by atoms with van der Waals surface area (Å²) in [5.74, 6) is 0.995. The second kappa shape index (κ2) is 15.1. The van der Waals surface area contributed by atoms with Crippen LogP contribution in [0.25, 0.3) is 38.6 Å². The van der Waals surface area contributed by atoms with Crippen LogP contribution in [0.5, 0.6) is 5.75 Å². The van der Waals surface area contributed by atoms with E-state index in [4.69, 9.17) is 18.9 Å². The Morgan fingerprint density at radius 2 is 1.86 bits per heavy atom. The highest BCUT2D eigenvalue weighted by Crippen LogP contribution is 2.46. The van der Waals surface area contributed by atoms with E-state index >= 15 is 0 Å². The Hall–Kier alpha value is -4.94. The van der Waals surface area contributed by atoms with Gasteiger partial charge in [-0.1, -0.05) is 6.92 Å². The Balaban J connectivity index is 1.14. The van der Waals surface area contributed by atoms with Crippen LogP contribution in [0.4, 0.5) is 0 Å². The van der Waals surface area contributed by atoms with E-state index in [-0.39, 0.29) is 30.2 Å². The zero-order valence-corrected chi connectivity index (χ0v) is 32.0. The highest BCUT2D eigenvalue weighted by molar-refractivity contribution is 5.92. The number of ether oxygens (including phenoxy) is 1. The minimum absolute atomic E-state index is 0.0158. The molecule has 0 bridgehead atoms. The second-order valence-electron chi connectivity index (χ2n) is 15.7. The molecule has 7 heterocycles. The molecule has 0 spiro atoms. The van der Waals surface area contributed by atoms with Crippen molar-refractivity contribution in [2.45, 2.75) is 95.0 Å². The lowest BCUT2D eigenvalue weighted by Gasteiger charge is -2.43. The quantitative estimate of drug-likeness (QED) is 0.0557. The van der Waals surface area contributed by atoms with E-state index in [2.05, 4.69) is 22.2 Å². The average Bonchev–Trinajstić information content (AvgIpc) is 4.03. The molecule has 0 unspecified atom stereocenters. The molecule has 1 aromatic carbocycles. The van der Waals surface area contributed by atoms with Crippen molar-refractivity contribution in [3.05, 3.63) is 82.4 Å². The first-order chi connectivity index (χ1) is 27.3. The maximum Gasteiger partial charge on any atom is 0.220 e. The van der Waals surface area contributed by atoms with Gasteiger partial charge in [0.2, 0.25) is 5.91 Å². The molecule has 0 saturated carbocycles. The summed E-state index contributed by atoms with van der Waals surface area (Å²) < 4.78 is 17.0. The van der Waals surface area contributed by atoms with Crippen LogP contribution in [0.2, 0.25) is 0 Å². The number of fused-ring (bicyclic) bond motifs is 4. The Kier molecular flexibility index (Phi) is 10.3. The van der Waals surface area contributed by atoms with Gasteiger partial charge in [0.05, 0.1) is 35.1 Å². The summed E-state index contributed by atoms with van der Waals surface area (Å²) in [5.41, 5.74) is 1.20. The van der Waals surface area contributed by atoms with Crippen LogP contribution >= 0.6 is 0 Å². The van der Waals surface area contributed by atoms with Gasteiger partial charge in [-0.3, -0.25) is 9.59 Å². The molecule has 5 aromatic heterocycles. The topological polar surface area (TPSA) is 230 Å². The number of nitrogens with one attached hydrogen (secondary N) is 3. The van der Waals surface area contributed by atoms with Crippen LogP contribution in [-0.2, 0) is 34.0 Å². The Bertz CT molecular complexity index is 2480. The first-order valence-electron chi connectivity index (χ1n) is 19.3. The third kappa shape index (κ3) is 6.94. The molecule has 304 valence electrons. The number of nitrogens with zero attached hydrogens (tertiary/aromatic N) is 2. The molecular formula is C41H49N5O11. The fraction of sp³-hybridized carbons (Fsp3) is 0.463. The van der Waals surface area contributed by atoms with Crippen LogP contribution in [-0.4, -0.2) is 106 Å². The van der Waals surface area contributed by atoms with E-state index in [0.29, 0.717) is 71.5 Å². The summed E-state index contributed by atoms with van der Waals surface area (Å²) in [4.78, 5) is 43.9. The third-order valence-corrected chi connectivity index (χ3v) is 11.9. The average molecular weight is 788 g/mol. The standard InChI is InChI=1S/C41H49N5O11/c1-4-29-25-6-10-43-28(25)18-46(29)36-37-24(15-26-31(48)13-22(2)55-38(26)36)16-34(40(3,56-37)9-5-23-14-35(51)44-17-23)57-54-20-33(50)41(53,39(52)32(49)19-47)21-45-12-8-27-30(45)7-11-42-27/h6-8,10-13,15,18,23,32-34,39,42-43,47,49-50,52-53H,4-5,9,14,16-17,19-21H2,1-3H3,(H,44,51)/t23-,32+,33-,34+,39+,40+,41+/m0/s1. The SMILES string of the molecule is CCc1c2cc[nH]c2cn1-c1c2c(cc3c(=O)cc(C)oc13)C[C@@H](OOC[C@H](O)[C@](O)(Cn1ccc3[nH]ccc31)[C@H](O)[C@H](O)CO)[C@@](C)(CC[C@@H]1CNC(=O)C1)O2. The molecule has 1 fully saturated rings. The van der Waals surface area contributed by atoms with Crippen molar-refractivity contribution in [1.82, 2.24) is 24.4 Å². The molecule has 57 heavy (non-hydrogen) atoms. The Morgan fingerprint density at radius 3 is 2.61 bits per heavy atom. The van der Waals surface area contributed by atoms with Gasteiger partial charge >= 0.3 is 0 Å². The fourth-order valence-electron chi connectivity index (χ4n) is 8.54. The number of carbonyl (C=O) groups is 1. The summed E-state index contributed by atoms with van der Waals surface area (Å²) in [6.07, 6.45) is 3.07. The maximum absolute atomic E-state index is 13.6. The number of aliphatic hydroxyl groups excluding tert-OH is 4. The van der Waals surface area contributed by atoms with Gasteiger partial charge in [-0.05, 0) is 63.3 Å². The van der Waals surface area contributed by atoms with Gasteiger partial charge in [-0.25, -0.2) is 9.78 Å². The van der Waals surface area contributed by atoms with Crippen molar-refractivity contribution in [3.63, 3.8) is 0 Å². The molecule has 2 aliphatic rings. The van der Waals surface area contributed by atoms with Gasteiger partial charge in [-0.2, -0.15) is 0 Å². The van der Waals surface area contributed by atoms with Gasteiger partial charge in [0, 0.05) is 66.9 Å². The fourth-order valence-corrected chi connectivity index (χ4v) is 8.54. The van der Waals surface area contributed by atoms with E-state index < -0.39 is 48.8 Å². The number of aliphatic hydroxyl groups is 5. The summed E-state index contributed by atoms with van der Waals surface area (Å²) in [7, 11) is 0. The Morgan fingerprint density at radius 1 is 1.07 bits per heavy atom. The number of rotatable bonds is 15. The van der Waals surface area contributed by atoms with Crippen LogP contribution in [0.1, 0.15) is 50.1 Å². The number of hydrogen-bond acceptors (Lipinski definition) is 11. The summed E-state index contributed by atoms with van der Waals surface area (Å²) >= 11 is 0. The van der Waals surface area contributed by atoms with Crippen molar-refractivity contribution in [2.24, 2.45) is 5.92 Å². The largest absolute Gasteiger partial charge is 0.482 e. The number of aryl methyl sites for hydroxylation is 2. The van der Waals surface area contributed by atoms with Crippen LogP contribution in [0.15, 0.2) is 64.3 Å². The molecule has 1 amide bonds. The van der Waals surface area contributed by atoms with E-state index in [1.165, 1.54) is 6.07 Å². The lowest BCUT2D eigenvalue weighted by atomic mass is 9.83. The summed E-state index contributed by atoms with van der Waals surface area (Å²) in [5, 5.41) is 58.7. The number of aromatic nitrogens is 4. The molecule has 6 aromatic rings. The number of aromatic amines is 2. The van der Waals surface area contributed by atoms with Gasteiger partial charge in [0.25, 0.3) is 0 Å². The molecule has 8 rings (SSSR count). The minimum Gasteiger partial charge on any atom is -0.482 e. The van der Waals surface area contributed by atoms with Crippen LogP contribution < -0.4 is 15.5 Å². The van der Waals surface area contributed by atoms with Gasteiger partial charge < -0.3 is 59.1 Å². The highest BCUT2D eigenvalue weighted by atomic mass is 17.2. The van der Waals surface area contributed by atoms with Crippen molar-refractivity contribution in [1.29, 1.82) is 0 Å². The second-order valence-corrected chi connectivity index (χ2v) is 15.7. The monoisotopic (exact) mass is 787 g/mol. The van der Waals surface area contributed by atoms with Gasteiger partial charge in [-0.15, -0.1) is 0 Å². The minimum atomic E-state index is -2.41. The normalized spacial score (nSPS) is 22.4. The van der Waals surface area contributed by atoms with Crippen LogP contribution in [0, 0.1) is 12.8 Å². The lowest BCUT2D eigenvalue weighted by molar-refractivity contribution is -0.365. The van der Waals surface area contributed by atoms with E-state index in [9.17, 15) is 35.1 Å². The molecule has 8 N–H and O–H groups in total. The van der Waals surface area contributed by atoms with E-state index in [1.54, 1.807) is 42.1 Å². The van der Waals surface area contributed by atoms with Crippen molar-refractivity contribution >= 4 is 38.8 Å². The molecule has 0 radical (unpaired) electrons. The first kappa shape index (κ1) is 38.9. The lowest BCUT2D eigenvalue weighted by Crippen LogP contribution is -2.61. The third-order valence-electron chi connectivity index (χ3n) is 11.9. The van der Waals surface area contributed by atoms with E-state index in [0.717, 1.165) is 22.1 Å². The number of amides is 1. The first-order valence-corrected chi connectivity index (χ1v) is 19.3. The molecule has 7 atom stereocenters. The van der Waals surface area contributed by atoms with E-state index in [1.807, 2.05) is 30.0 Å². The smallest absolute Gasteiger partial charge is 0.220 e. The number of H-pyrrole nitrogens is 2. The highest BCUT2D eigenvalue weighted by Gasteiger charge is 2.49. The predicted octanol–water partition coefficient (Wildman–Crippen LogP) is 2.65. The molecule has 0 aliphatic carbocycles. The Labute approximate surface area is 326 Å². The van der Waals surface area contributed by atoms with Crippen molar-refractivity contribution in [3.8, 4) is 11.4 Å². The molecule has 1 saturated heterocycles. The maximum atomic E-state index is 13.6. The van der Waals surface area contributed by atoms with Crippen molar-refractivity contribution < 1.29 is 49.3 Å².